The standard InChI is InChI=1S/C22H26N4O5S3/c1-15-6-4-5-13-26(15)34(30,31)17-9-7-16(8-10-17)21(27)24-22-23-19-12-11-18(14-20(19)32-22)33(28,29)25(2)3/h7-12,14-15H,4-6,13H2,1-3H3,(H,23,24,27). The van der Waals surface area contributed by atoms with Crippen molar-refractivity contribution in [2.75, 3.05) is 26.0 Å². The van der Waals surface area contributed by atoms with Gasteiger partial charge in [-0.05, 0) is 62.2 Å². The van der Waals surface area contributed by atoms with Crippen LogP contribution in [0.2, 0.25) is 0 Å². The van der Waals surface area contributed by atoms with Crippen molar-refractivity contribution in [2.45, 2.75) is 42.0 Å². The monoisotopic (exact) mass is 522 g/mol. The number of hydrogen-bond acceptors (Lipinski definition) is 7. The molecule has 3 aromatic rings. The molecule has 1 fully saturated rings. The van der Waals surface area contributed by atoms with Gasteiger partial charge in [0.1, 0.15) is 0 Å². The highest BCUT2D eigenvalue weighted by Crippen LogP contribution is 2.30. The maximum atomic E-state index is 13.0. The van der Waals surface area contributed by atoms with Crippen molar-refractivity contribution in [2.24, 2.45) is 0 Å². The smallest absolute Gasteiger partial charge is 0.257 e. The molecule has 1 aliphatic heterocycles. The largest absolute Gasteiger partial charge is 0.298 e. The number of thiazole rings is 1. The van der Waals surface area contributed by atoms with Gasteiger partial charge in [-0.2, -0.15) is 4.31 Å². The van der Waals surface area contributed by atoms with Gasteiger partial charge in [0.15, 0.2) is 5.13 Å². The van der Waals surface area contributed by atoms with Crippen molar-refractivity contribution in [1.29, 1.82) is 0 Å². The van der Waals surface area contributed by atoms with Crippen molar-refractivity contribution in [3.05, 3.63) is 48.0 Å². The quantitative estimate of drug-likeness (QED) is 0.531. The Morgan fingerprint density at radius 1 is 1.06 bits per heavy atom. The SMILES string of the molecule is CC1CCCCN1S(=O)(=O)c1ccc(C(=O)Nc2nc3ccc(S(=O)(=O)N(C)C)cc3s2)cc1. The van der Waals surface area contributed by atoms with Crippen LogP contribution in [-0.2, 0) is 20.0 Å². The molecule has 12 heteroatoms. The van der Waals surface area contributed by atoms with Crippen molar-refractivity contribution in [1.82, 2.24) is 13.6 Å². The third-order valence-electron chi connectivity index (χ3n) is 5.82. The molecule has 1 atom stereocenters. The Morgan fingerprint density at radius 2 is 1.74 bits per heavy atom. The number of nitrogens with zero attached hydrogens (tertiary/aromatic N) is 3. The van der Waals surface area contributed by atoms with E-state index in [0.717, 1.165) is 34.9 Å². The minimum Gasteiger partial charge on any atom is -0.298 e. The summed E-state index contributed by atoms with van der Waals surface area (Å²) >= 11 is 1.16. The molecule has 34 heavy (non-hydrogen) atoms. The molecule has 0 spiro atoms. The van der Waals surface area contributed by atoms with Crippen molar-refractivity contribution < 1.29 is 21.6 Å². The molecule has 1 amide bonds. The number of sulfonamides is 2. The number of carbonyl (C=O) groups excluding carboxylic acids is 1. The summed E-state index contributed by atoms with van der Waals surface area (Å²) < 4.78 is 54.0. The first-order valence-electron chi connectivity index (χ1n) is 10.8. The summed E-state index contributed by atoms with van der Waals surface area (Å²) in [4.78, 5) is 17.4. The Morgan fingerprint density at radius 3 is 2.38 bits per heavy atom. The predicted octanol–water partition coefficient (Wildman–Crippen LogP) is 3.36. The second-order valence-corrected chi connectivity index (χ2v) is 13.4. The van der Waals surface area contributed by atoms with Gasteiger partial charge in [-0.1, -0.05) is 17.8 Å². The molecule has 1 aromatic heterocycles. The normalized spacial score (nSPS) is 17.8. The molecule has 0 bridgehead atoms. The molecule has 2 heterocycles. The maximum Gasteiger partial charge on any atom is 0.257 e. The van der Waals surface area contributed by atoms with Crippen LogP contribution in [0.5, 0.6) is 0 Å². The summed E-state index contributed by atoms with van der Waals surface area (Å²) in [5.41, 5.74) is 0.857. The molecule has 9 nitrogen and oxygen atoms in total. The van der Waals surface area contributed by atoms with Crippen LogP contribution >= 0.6 is 11.3 Å². The molecule has 1 N–H and O–H groups in total. The second kappa shape index (κ2) is 9.34. The summed E-state index contributed by atoms with van der Waals surface area (Å²) in [5.74, 6) is -0.435. The van der Waals surface area contributed by atoms with E-state index in [9.17, 15) is 21.6 Å². The fourth-order valence-electron chi connectivity index (χ4n) is 3.84. The third-order valence-corrected chi connectivity index (χ3v) is 10.6. The molecular weight excluding hydrogens is 496 g/mol. The number of hydrogen-bond donors (Lipinski definition) is 1. The lowest BCUT2D eigenvalue weighted by Gasteiger charge is -2.32. The number of aromatic nitrogens is 1. The third kappa shape index (κ3) is 4.73. The van der Waals surface area contributed by atoms with Crippen molar-refractivity contribution >= 4 is 52.6 Å². The van der Waals surface area contributed by atoms with Crippen LogP contribution < -0.4 is 5.32 Å². The lowest BCUT2D eigenvalue weighted by Crippen LogP contribution is -2.41. The van der Waals surface area contributed by atoms with Crippen molar-refractivity contribution in [3.63, 3.8) is 0 Å². The Hall–Kier alpha value is -2.38. The number of anilines is 1. The zero-order valence-corrected chi connectivity index (χ0v) is 21.5. The van der Waals surface area contributed by atoms with Crippen LogP contribution in [0.4, 0.5) is 5.13 Å². The summed E-state index contributed by atoms with van der Waals surface area (Å²) in [6.07, 6.45) is 2.70. The summed E-state index contributed by atoms with van der Waals surface area (Å²) in [5, 5.41) is 3.02. The van der Waals surface area contributed by atoms with E-state index in [1.54, 1.807) is 6.07 Å². The fourth-order valence-corrected chi connectivity index (χ4v) is 7.44. The summed E-state index contributed by atoms with van der Waals surface area (Å²) in [6.45, 7) is 2.41. The van der Waals surface area contributed by atoms with E-state index in [4.69, 9.17) is 0 Å². The first kappa shape index (κ1) is 24.7. The maximum absolute atomic E-state index is 13.0. The fraction of sp³-hybridized carbons (Fsp3) is 0.364. The van der Waals surface area contributed by atoms with Crippen LogP contribution in [0.15, 0.2) is 52.3 Å². The average Bonchev–Trinajstić information content (AvgIpc) is 3.20. The average molecular weight is 523 g/mol. The number of benzene rings is 2. The van der Waals surface area contributed by atoms with E-state index in [1.807, 2.05) is 6.92 Å². The van der Waals surface area contributed by atoms with Crippen molar-refractivity contribution in [3.8, 4) is 0 Å². The molecule has 4 rings (SSSR count). The van der Waals surface area contributed by atoms with Gasteiger partial charge in [-0.25, -0.2) is 26.1 Å². The minimum atomic E-state index is -3.61. The van der Waals surface area contributed by atoms with Crippen LogP contribution in [-0.4, -0.2) is 63.0 Å². The number of nitrogens with one attached hydrogen (secondary N) is 1. The predicted molar refractivity (Wildman–Crippen MR) is 132 cm³/mol. The summed E-state index contributed by atoms with van der Waals surface area (Å²) in [7, 11) is -4.27. The molecule has 182 valence electrons. The first-order chi connectivity index (χ1) is 16.0. The number of fused-ring (bicyclic) bond motifs is 1. The Kier molecular flexibility index (Phi) is 6.80. The van der Waals surface area contributed by atoms with E-state index >= 15 is 0 Å². The Bertz CT molecular complexity index is 1430. The molecule has 2 aromatic carbocycles. The van der Waals surface area contributed by atoms with Gasteiger partial charge in [-0.15, -0.1) is 0 Å². The highest BCUT2D eigenvalue weighted by atomic mass is 32.2. The van der Waals surface area contributed by atoms with Gasteiger partial charge < -0.3 is 0 Å². The molecule has 1 unspecified atom stereocenters. The second-order valence-electron chi connectivity index (χ2n) is 8.38. The number of piperidine rings is 1. The topological polar surface area (TPSA) is 117 Å². The summed E-state index contributed by atoms with van der Waals surface area (Å²) in [6, 6.07) is 10.4. The van der Waals surface area contributed by atoms with Crippen LogP contribution in [0, 0.1) is 0 Å². The molecule has 1 aliphatic rings. The lowest BCUT2D eigenvalue weighted by molar-refractivity contribution is 0.102. The number of carbonyl (C=O) groups is 1. The van der Waals surface area contributed by atoms with Gasteiger partial charge in [0.25, 0.3) is 5.91 Å². The van der Waals surface area contributed by atoms with Gasteiger partial charge in [-0.3, -0.25) is 10.1 Å². The van der Waals surface area contributed by atoms with Gasteiger partial charge in [0.05, 0.1) is 20.0 Å². The first-order valence-corrected chi connectivity index (χ1v) is 14.5. The van der Waals surface area contributed by atoms with E-state index in [2.05, 4.69) is 10.3 Å². The number of rotatable bonds is 6. The minimum absolute atomic E-state index is 0.0472. The van der Waals surface area contributed by atoms with Gasteiger partial charge in [0, 0.05) is 32.2 Å². The number of amides is 1. The van der Waals surface area contributed by atoms with Crippen LogP contribution in [0.25, 0.3) is 10.2 Å². The molecule has 0 aliphatic carbocycles. The van der Waals surface area contributed by atoms with E-state index in [1.165, 1.54) is 54.8 Å². The van der Waals surface area contributed by atoms with Gasteiger partial charge >= 0.3 is 0 Å². The molecule has 1 saturated heterocycles. The van der Waals surface area contributed by atoms with Gasteiger partial charge in [0.2, 0.25) is 20.0 Å². The zero-order chi connectivity index (χ0) is 24.7. The molecule has 0 saturated carbocycles. The Labute approximate surface area is 203 Å². The molecular formula is C22H26N4O5S3. The van der Waals surface area contributed by atoms with E-state index in [0.29, 0.717) is 27.5 Å². The molecule has 0 radical (unpaired) electrons. The van der Waals surface area contributed by atoms with E-state index < -0.39 is 26.0 Å². The van der Waals surface area contributed by atoms with E-state index in [-0.39, 0.29) is 15.8 Å². The highest BCUT2D eigenvalue weighted by Gasteiger charge is 2.31. The lowest BCUT2D eigenvalue weighted by atomic mass is 10.1. The van der Waals surface area contributed by atoms with Crippen LogP contribution in [0.3, 0.4) is 0 Å². The Balaban J connectivity index is 1.51. The van der Waals surface area contributed by atoms with Crippen LogP contribution in [0.1, 0.15) is 36.5 Å². The highest BCUT2D eigenvalue weighted by molar-refractivity contribution is 7.89. The zero-order valence-electron chi connectivity index (χ0n) is 19.1.